The van der Waals surface area contributed by atoms with E-state index in [2.05, 4.69) is 19.2 Å². The van der Waals surface area contributed by atoms with Gasteiger partial charge in [0.25, 0.3) is 10.0 Å². The van der Waals surface area contributed by atoms with E-state index in [1.165, 1.54) is 12.1 Å². The highest BCUT2D eigenvalue weighted by molar-refractivity contribution is 7.92. The van der Waals surface area contributed by atoms with Crippen LogP contribution in [0, 0.1) is 11.7 Å². The molecule has 0 fully saturated rings. The molecule has 0 bridgehead atoms. The van der Waals surface area contributed by atoms with Crippen molar-refractivity contribution in [3.8, 4) is 5.75 Å². The number of carbonyl (C=O) groups excluding carboxylic acids is 1. The van der Waals surface area contributed by atoms with E-state index >= 15 is 0 Å². The molecule has 8 heteroatoms. The maximum atomic E-state index is 13.3. The molecule has 0 aliphatic heterocycles. The molecule has 1 N–H and O–H groups in total. The van der Waals surface area contributed by atoms with Gasteiger partial charge in [0, 0.05) is 6.54 Å². The van der Waals surface area contributed by atoms with Gasteiger partial charge in [0.2, 0.25) is 5.91 Å². The minimum Gasteiger partial charge on any atom is -0.494 e. The highest BCUT2D eigenvalue weighted by Gasteiger charge is 2.27. The highest BCUT2D eigenvalue weighted by Crippen LogP contribution is 2.26. The molecular weight excluding hydrogens is 431 g/mol. The number of amides is 1. The number of unbranched alkanes of at least 4 members (excludes halogenated alkanes) is 1. The van der Waals surface area contributed by atoms with Crippen LogP contribution in [-0.2, 0) is 14.8 Å². The van der Waals surface area contributed by atoms with Gasteiger partial charge < -0.3 is 10.1 Å². The summed E-state index contributed by atoms with van der Waals surface area (Å²) < 4.78 is 46.4. The Morgan fingerprint density at radius 3 is 2.28 bits per heavy atom. The van der Waals surface area contributed by atoms with Gasteiger partial charge in [-0.05, 0) is 67.8 Å². The van der Waals surface area contributed by atoms with Gasteiger partial charge in [0.15, 0.2) is 0 Å². The molecule has 176 valence electrons. The lowest BCUT2D eigenvalue weighted by Gasteiger charge is -2.25. The zero-order valence-electron chi connectivity index (χ0n) is 19.0. The molecule has 1 atom stereocenters. The van der Waals surface area contributed by atoms with Crippen LogP contribution in [0.5, 0.6) is 5.75 Å². The summed E-state index contributed by atoms with van der Waals surface area (Å²) in [4.78, 5) is 12.6. The Kier molecular flexibility index (Phi) is 9.97. The fraction of sp³-hybridized carbons (Fsp3) is 0.458. The van der Waals surface area contributed by atoms with E-state index < -0.39 is 15.8 Å². The monoisotopic (exact) mass is 464 g/mol. The minimum atomic E-state index is -4.08. The summed E-state index contributed by atoms with van der Waals surface area (Å²) >= 11 is 0. The number of nitrogens with one attached hydrogen (secondary N) is 1. The number of rotatable bonds is 13. The van der Waals surface area contributed by atoms with Crippen LogP contribution in [0.3, 0.4) is 0 Å². The molecule has 2 aromatic carbocycles. The van der Waals surface area contributed by atoms with Gasteiger partial charge in [0.1, 0.15) is 18.1 Å². The first kappa shape index (κ1) is 25.6. The van der Waals surface area contributed by atoms with Crippen LogP contribution in [0.15, 0.2) is 53.4 Å². The van der Waals surface area contributed by atoms with E-state index in [-0.39, 0.29) is 17.3 Å². The van der Waals surface area contributed by atoms with Crippen LogP contribution < -0.4 is 14.4 Å². The van der Waals surface area contributed by atoms with Gasteiger partial charge in [-0.25, -0.2) is 12.8 Å². The maximum absolute atomic E-state index is 13.3. The molecule has 0 aliphatic carbocycles. The summed E-state index contributed by atoms with van der Waals surface area (Å²) in [5.74, 6) is 0.0274. The molecule has 0 saturated carbocycles. The molecule has 2 rings (SSSR count). The van der Waals surface area contributed by atoms with Gasteiger partial charge in [-0.3, -0.25) is 9.10 Å². The van der Waals surface area contributed by atoms with E-state index in [9.17, 15) is 17.6 Å². The third kappa shape index (κ3) is 7.22. The molecule has 6 nitrogen and oxygen atoms in total. The number of benzene rings is 2. The number of halogens is 1. The van der Waals surface area contributed by atoms with Gasteiger partial charge in [0.05, 0.1) is 17.2 Å². The molecule has 0 spiro atoms. The number of hydrogen-bond acceptors (Lipinski definition) is 4. The first-order valence-electron chi connectivity index (χ1n) is 11.1. The summed E-state index contributed by atoms with van der Waals surface area (Å²) in [5, 5.41) is 2.88. The number of carbonyl (C=O) groups is 1. The van der Waals surface area contributed by atoms with E-state index in [0.717, 1.165) is 42.1 Å². The second-order valence-electron chi connectivity index (χ2n) is 7.61. The van der Waals surface area contributed by atoms with Crippen molar-refractivity contribution in [3.63, 3.8) is 0 Å². The number of hydrogen-bond donors (Lipinski definition) is 1. The fourth-order valence-electron chi connectivity index (χ4n) is 3.31. The van der Waals surface area contributed by atoms with Crippen LogP contribution in [0.1, 0.15) is 46.5 Å². The van der Waals surface area contributed by atoms with Crippen LogP contribution in [-0.4, -0.2) is 34.0 Å². The van der Waals surface area contributed by atoms with E-state index in [1.54, 1.807) is 24.3 Å². The third-order valence-electron chi connectivity index (χ3n) is 5.26. The Hall–Kier alpha value is -2.61. The van der Waals surface area contributed by atoms with Crippen molar-refractivity contribution in [1.82, 2.24) is 5.32 Å². The molecule has 0 saturated heterocycles. The number of nitrogens with zero attached hydrogens (tertiary/aromatic N) is 1. The Balaban J connectivity index is 2.25. The van der Waals surface area contributed by atoms with Crippen LogP contribution in [0.4, 0.5) is 10.1 Å². The Bertz CT molecular complexity index is 947. The fourth-order valence-corrected chi connectivity index (χ4v) is 4.73. The first-order valence-corrected chi connectivity index (χ1v) is 12.5. The zero-order chi connectivity index (χ0) is 23.6. The highest BCUT2D eigenvalue weighted by atomic mass is 32.2. The Labute approximate surface area is 190 Å². The van der Waals surface area contributed by atoms with E-state index in [4.69, 9.17) is 4.74 Å². The zero-order valence-corrected chi connectivity index (χ0v) is 19.8. The summed E-state index contributed by atoms with van der Waals surface area (Å²) in [7, 11) is -4.08. The van der Waals surface area contributed by atoms with Gasteiger partial charge in [-0.15, -0.1) is 0 Å². The number of ether oxygens (including phenoxy) is 1. The lowest BCUT2D eigenvalue weighted by Crippen LogP contribution is -2.42. The van der Waals surface area contributed by atoms with Crippen molar-refractivity contribution in [3.05, 3.63) is 54.3 Å². The normalized spacial score (nSPS) is 12.2. The smallest absolute Gasteiger partial charge is 0.264 e. The summed E-state index contributed by atoms with van der Waals surface area (Å²) in [6.45, 7) is 6.67. The SMILES string of the molecule is CCCC[C@@H](CC)CNC(=O)CN(c1ccc(OCC)cc1)S(=O)(=O)c1ccc(F)cc1. The van der Waals surface area contributed by atoms with Gasteiger partial charge >= 0.3 is 0 Å². The summed E-state index contributed by atoms with van der Waals surface area (Å²) in [6.07, 6.45) is 4.14. The van der Waals surface area contributed by atoms with Crippen LogP contribution >= 0.6 is 0 Å². The van der Waals surface area contributed by atoms with Crippen molar-refractivity contribution in [1.29, 1.82) is 0 Å². The van der Waals surface area contributed by atoms with E-state index in [0.29, 0.717) is 30.5 Å². The molecule has 1 amide bonds. The largest absolute Gasteiger partial charge is 0.494 e. The molecule has 0 heterocycles. The van der Waals surface area contributed by atoms with Crippen molar-refractivity contribution < 1.29 is 22.3 Å². The Morgan fingerprint density at radius 2 is 1.72 bits per heavy atom. The second kappa shape index (κ2) is 12.4. The molecule has 0 aliphatic rings. The van der Waals surface area contributed by atoms with Crippen molar-refractivity contribution >= 4 is 21.6 Å². The standard InChI is InChI=1S/C24H33FN2O4S/c1-4-7-8-19(5-2)17-26-24(28)18-27(21-11-13-22(14-12-21)31-6-3)32(29,30)23-15-9-20(25)10-16-23/h9-16,19H,4-8,17-18H2,1-3H3,(H,26,28)/t19-/m1/s1. The lowest BCUT2D eigenvalue weighted by atomic mass is 9.99. The minimum absolute atomic E-state index is 0.0880. The first-order chi connectivity index (χ1) is 15.3. The summed E-state index contributed by atoms with van der Waals surface area (Å²) in [6, 6.07) is 11.1. The number of anilines is 1. The van der Waals surface area contributed by atoms with Crippen molar-refractivity contribution in [2.45, 2.75) is 51.3 Å². The molecule has 2 aromatic rings. The predicted molar refractivity (Wildman–Crippen MR) is 125 cm³/mol. The molecule has 0 unspecified atom stereocenters. The Morgan fingerprint density at radius 1 is 1.06 bits per heavy atom. The summed E-state index contributed by atoms with van der Waals surface area (Å²) in [5.41, 5.74) is 0.325. The average Bonchev–Trinajstić information content (AvgIpc) is 2.78. The molecular formula is C24H33FN2O4S. The predicted octanol–water partition coefficient (Wildman–Crippen LogP) is 4.75. The van der Waals surface area contributed by atoms with Crippen LogP contribution in [0.2, 0.25) is 0 Å². The van der Waals surface area contributed by atoms with Gasteiger partial charge in [-0.2, -0.15) is 0 Å². The van der Waals surface area contributed by atoms with Gasteiger partial charge in [-0.1, -0.05) is 33.1 Å². The topological polar surface area (TPSA) is 75.7 Å². The third-order valence-corrected chi connectivity index (χ3v) is 7.04. The average molecular weight is 465 g/mol. The second-order valence-corrected chi connectivity index (χ2v) is 9.48. The quantitative estimate of drug-likeness (QED) is 0.464. The maximum Gasteiger partial charge on any atom is 0.264 e. The lowest BCUT2D eigenvalue weighted by molar-refractivity contribution is -0.119. The molecule has 0 radical (unpaired) electrons. The van der Waals surface area contributed by atoms with Crippen LogP contribution in [0.25, 0.3) is 0 Å². The van der Waals surface area contributed by atoms with E-state index in [1.807, 2.05) is 6.92 Å². The van der Waals surface area contributed by atoms with Crippen molar-refractivity contribution in [2.75, 3.05) is 24.0 Å². The number of sulfonamides is 1. The molecule has 0 aromatic heterocycles. The molecule has 32 heavy (non-hydrogen) atoms. The van der Waals surface area contributed by atoms with Crippen molar-refractivity contribution in [2.24, 2.45) is 5.92 Å².